The third kappa shape index (κ3) is 8.72. The lowest BCUT2D eigenvalue weighted by Gasteiger charge is -2.20. The van der Waals surface area contributed by atoms with E-state index >= 15 is 0 Å². The van der Waals surface area contributed by atoms with Crippen LogP contribution >= 0.6 is 0 Å². The Labute approximate surface area is 299 Å². The van der Waals surface area contributed by atoms with Crippen LogP contribution in [0, 0.1) is 0 Å². The van der Waals surface area contributed by atoms with E-state index in [4.69, 9.17) is 18.9 Å². The van der Waals surface area contributed by atoms with Crippen LogP contribution in [0.25, 0.3) is 55.6 Å². The molecular formula is C45H40O6. The van der Waals surface area contributed by atoms with Crippen molar-refractivity contribution in [3.8, 4) is 67.1 Å². The number of esters is 1. The van der Waals surface area contributed by atoms with E-state index in [-0.39, 0.29) is 5.75 Å². The number of benzene rings is 6. The first-order chi connectivity index (χ1) is 24.6. The molecule has 0 amide bonds. The molecule has 0 aliphatic carbocycles. The number of carbonyl (C=O) groups excluding carboxylic acids is 2. The normalized spacial score (nSPS) is 11.7. The maximum Gasteiger partial charge on any atom is 0.514 e. The molecule has 0 saturated heterocycles. The molecule has 0 N–H and O–H groups in total. The second kappa shape index (κ2) is 15.2. The first-order valence-corrected chi connectivity index (χ1v) is 16.8. The molecule has 6 aromatic carbocycles. The van der Waals surface area contributed by atoms with Crippen LogP contribution in [0.1, 0.15) is 27.7 Å². The molecular weight excluding hydrogens is 636 g/mol. The maximum absolute atomic E-state index is 13.0. The highest BCUT2D eigenvalue weighted by atomic mass is 16.7. The van der Waals surface area contributed by atoms with E-state index in [1.807, 2.05) is 42.5 Å². The summed E-state index contributed by atoms with van der Waals surface area (Å²) in [4.78, 5) is 25.1. The predicted molar refractivity (Wildman–Crippen MR) is 203 cm³/mol. The van der Waals surface area contributed by atoms with Crippen LogP contribution in [0.5, 0.6) is 11.5 Å². The van der Waals surface area contributed by atoms with Crippen LogP contribution in [0.4, 0.5) is 4.79 Å². The lowest BCUT2D eigenvalue weighted by Crippen LogP contribution is -2.26. The van der Waals surface area contributed by atoms with Crippen LogP contribution in [-0.2, 0) is 14.3 Å². The summed E-state index contributed by atoms with van der Waals surface area (Å²) in [5.41, 5.74) is 9.24. The molecule has 0 saturated carbocycles. The summed E-state index contributed by atoms with van der Waals surface area (Å²) in [7, 11) is 1.30. The average molecular weight is 677 g/mol. The van der Waals surface area contributed by atoms with Gasteiger partial charge in [-0.3, -0.25) is 0 Å². The molecule has 1 unspecified atom stereocenters. The maximum atomic E-state index is 13.0. The van der Waals surface area contributed by atoms with Gasteiger partial charge in [0, 0.05) is 11.6 Å². The Balaban J connectivity index is 1.46. The van der Waals surface area contributed by atoms with E-state index < -0.39 is 23.8 Å². The summed E-state index contributed by atoms with van der Waals surface area (Å²) in [6.45, 7) is 6.91. The van der Waals surface area contributed by atoms with E-state index in [0.717, 1.165) is 50.1 Å². The Morgan fingerprint density at radius 2 is 0.961 bits per heavy atom. The smallest absolute Gasteiger partial charge is 0.479 e. The molecule has 0 bridgehead atoms. The fourth-order valence-corrected chi connectivity index (χ4v) is 5.77. The van der Waals surface area contributed by atoms with Crippen LogP contribution in [0.2, 0.25) is 0 Å². The minimum absolute atomic E-state index is 0.223. The number of rotatable bonds is 9. The van der Waals surface area contributed by atoms with Gasteiger partial charge in [-0.2, -0.15) is 0 Å². The number of ether oxygens (including phenoxy) is 4. The fourth-order valence-electron chi connectivity index (χ4n) is 5.77. The molecule has 0 radical (unpaired) electrons. The van der Waals surface area contributed by atoms with Crippen molar-refractivity contribution in [3.05, 3.63) is 146 Å². The standard InChI is InChI=1S/C45H40O6/c1-30(43(46)48-5)49-40-24-25-41(42(29-40)50-44(47)51-45(2,3)4)39-27-37(35-20-16-33(17-21-35)31-12-8-6-9-13-31)26-38(28-39)36-22-18-34(19-23-36)32-14-10-7-11-15-32/h6-30H,1-5H3. The van der Waals surface area contributed by atoms with Crippen LogP contribution in [0.3, 0.4) is 0 Å². The monoisotopic (exact) mass is 676 g/mol. The van der Waals surface area contributed by atoms with Crippen molar-refractivity contribution in [2.75, 3.05) is 7.11 Å². The molecule has 1 atom stereocenters. The molecule has 6 heteroatoms. The zero-order valence-electron chi connectivity index (χ0n) is 29.4. The molecule has 0 spiro atoms. The minimum atomic E-state index is -0.872. The van der Waals surface area contributed by atoms with Gasteiger partial charge in [-0.15, -0.1) is 0 Å². The van der Waals surface area contributed by atoms with Crippen molar-refractivity contribution < 1.29 is 28.5 Å². The Morgan fingerprint density at radius 1 is 0.529 bits per heavy atom. The van der Waals surface area contributed by atoms with Gasteiger partial charge in [-0.05, 0) is 108 Å². The number of hydrogen-bond donors (Lipinski definition) is 0. The molecule has 0 aliphatic heterocycles. The van der Waals surface area contributed by atoms with E-state index in [1.165, 1.54) is 7.11 Å². The van der Waals surface area contributed by atoms with Crippen molar-refractivity contribution in [1.29, 1.82) is 0 Å². The lowest BCUT2D eigenvalue weighted by molar-refractivity contribution is -0.147. The second-order valence-electron chi connectivity index (χ2n) is 13.2. The molecule has 51 heavy (non-hydrogen) atoms. The zero-order chi connectivity index (χ0) is 36.0. The highest BCUT2D eigenvalue weighted by molar-refractivity contribution is 5.85. The average Bonchev–Trinajstić information content (AvgIpc) is 3.14. The van der Waals surface area contributed by atoms with Crippen molar-refractivity contribution in [1.82, 2.24) is 0 Å². The van der Waals surface area contributed by atoms with Crippen molar-refractivity contribution >= 4 is 12.1 Å². The Bertz CT molecular complexity index is 2010. The summed E-state index contributed by atoms with van der Waals surface area (Å²) in [6.07, 6.45) is -1.73. The summed E-state index contributed by atoms with van der Waals surface area (Å²) in [6, 6.07) is 49.0. The van der Waals surface area contributed by atoms with E-state index in [0.29, 0.717) is 11.3 Å². The molecule has 0 heterocycles. The highest BCUT2D eigenvalue weighted by Gasteiger charge is 2.22. The van der Waals surface area contributed by atoms with Gasteiger partial charge >= 0.3 is 12.1 Å². The zero-order valence-corrected chi connectivity index (χ0v) is 29.4. The summed E-state index contributed by atoms with van der Waals surface area (Å²) < 4.78 is 22.1. The third-order valence-corrected chi connectivity index (χ3v) is 8.28. The van der Waals surface area contributed by atoms with Gasteiger partial charge in [-0.25, -0.2) is 9.59 Å². The van der Waals surface area contributed by atoms with Crippen LogP contribution in [0.15, 0.2) is 146 Å². The second-order valence-corrected chi connectivity index (χ2v) is 13.2. The minimum Gasteiger partial charge on any atom is -0.479 e. The van der Waals surface area contributed by atoms with E-state index in [1.54, 1.807) is 39.8 Å². The number of methoxy groups -OCH3 is 1. The third-order valence-electron chi connectivity index (χ3n) is 8.28. The molecule has 6 nitrogen and oxygen atoms in total. The summed E-state index contributed by atoms with van der Waals surface area (Å²) >= 11 is 0. The first-order valence-electron chi connectivity index (χ1n) is 16.8. The van der Waals surface area contributed by atoms with Gasteiger partial charge in [0.15, 0.2) is 6.10 Å². The van der Waals surface area contributed by atoms with Crippen molar-refractivity contribution in [2.24, 2.45) is 0 Å². The number of carbonyl (C=O) groups is 2. The van der Waals surface area contributed by atoms with Crippen LogP contribution in [-0.4, -0.2) is 30.9 Å². The first kappa shape index (κ1) is 34.7. The predicted octanol–water partition coefficient (Wildman–Crippen LogP) is 11.3. The van der Waals surface area contributed by atoms with E-state index in [2.05, 4.69) is 91.0 Å². The molecule has 256 valence electrons. The Hall–Kier alpha value is -6.14. The van der Waals surface area contributed by atoms with Crippen molar-refractivity contribution in [2.45, 2.75) is 39.4 Å². The van der Waals surface area contributed by atoms with Gasteiger partial charge in [-0.1, -0.05) is 109 Å². The molecule has 6 rings (SSSR count). The van der Waals surface area contributed by atoms with Gasteiger partial charge in [0.05, 0.1) is 7.11 Å². The molecule has 6 aromatic rings. The topological polar surface area (TPSA) is 71.1 Å². The van der Waals surface area contributed by atoms with E-state index in [9.17, 15) is 9.59 Å². The van der Waals surface area contributed by atoms with Crippen LogP contribution < -0.4 is 9.47 Å². The quantitative estimate of drug-likeness (QED) is 0.112. The summed E-state index contributed by atoms with van der Waals surface area (Å²) in [5.74, 6) is 0.0305. The fraction of sp³-hybridized carbons (Fsp3) is 0.156. The van der Waals surface area contributed by atoms with Gasteiger partial charge in [0.2, 0.25) is 0 Å². The Morgan fingerprint density at radius 3 is 1.41 bits per heavy atom. The van der Waals surface area contributed by atoms with Gasteiger partial charge in [0.25, 0.3) is 0 Å². The Kier molecular flexibility index (Phi) is 10.3. The number of hydrogen-bond acceptors (Lipinski definition) is 6. The summed E-state index contributed by atoms with van der Waals surface area (Å²) in [5, 5.41) is 0. The van der Waals surface area contributed by atoms with Gasteiger partial charge in [0.1, 0.15) is 17.1 Å². The lowest BCUT2D eigenvalue weighted by atomic mass is 9.91. The van der Waals surface area contributed by atoms with Gasteiger partial charge < -0.3 is 18.9 Å². The van der Waals surface area contributed by atoms with Crippen molar-refractivity contribution in [3.63, 3.8) is 0 Å². The molecule has 0 fully saturated rings. The SMILES string of the molecule is COC(=O)C(C)Oc1ccc(-c2cc(-c3ccc(-c4ccccc4)cc3)cc(-c3ccc(-c4ccccc4)cc3)c2)c(OC(=O)OC(C)(C)C)c1. The highest BCUT2D eigenvalue weighted by Crippen LogP contribution is 2.40. The largest absolute Gasteiger partial charge is 0.514 e. The molecule has 0 aromatic heterocycles. The molecule has 0 aliphatic rings.